The SMILES string of the molecule is CC(C)(C)OC(=O)N[C@@H](Cc1cc(F)cc(F)c1)C(=O)O.COC(=O)[C@H](Cc1cc(F)cc(F)c1)NC(=O)OC(C)(C)C. The first kappa shape index (κ1) is 36.7. The Bertz CT molecular complexity index is 1250. The van der Waals surface area contributed by atoms with Gasteiger partial charge in [-0.15, -0.1) is 0 Å². The van der Waals surface area contributed by atoms with Gasteiger partial charge < -0.3 is 30.0 Å². The van der Waals surface area contributed by atoms with E-state index in [1.54, 1.807) is 41.5 Å². The number of alkyl carbamates (subject to hydrolysis) is 2. The fraction of sp³-hybridized carbons (Fsp3) is 0.448. The molecule has 0 radical (unpaired) electrons. The lowest BCUT2D eigenvalue weighted by molar-refractivity contribution is -0.143. The van der Waals surface area contributed by atoms with Gasteiger partial charge in [0.2, 0.25) is 0 Å². The van der Waals surface area contributed by atoms with E-state index in [0.717, 1.165) is 37.4 Å². The lowest BCUT2D eigenvalue weighted by Crippen LogP contribution is -2.45. The molecule has 0 heterocycles. The first-order valence-corrected chi connectivity index (χ1v) is 12.9. The number of carbonyl (C=O) groups is 4. The van der Waals surface area contributed by atoms with Crippen LogP contribution in [0.5, 0.6) is 0 Å². The van der Waals surface area contributed by atoms with Crippen molar-refractivity contribution in [1.82, 2.24) is 10.6 Å². The molecule has 0 aromatic heterocycles. The Kier molecular flexibility index (Phi) is 13.4. The first-order valence-electron chi connectivity index (χ1n) is 12.9. The van der Waals surface area contributed by atoms with Crippen LogP contribution in [-0.4, -0.2) is 59.6 Å². The second-order valence-electron chi connectivity index (χ2n) is 11.2. The highest BCUT2D eigenvalue weighted by Crippen LogP contribution is 2.14. The van der Waals surface area contributed by atoms with E-state index in [2.05, 4.69) is 15.4 Å². The highest BCUT2D eigenvalue weighted by atomic mass is 19.1. The maximum atomic E-state index is 13.2. The third kappa shape index (κ3) is 15.4. The minimum Gasteiger partial charge on any atom is -0.480 e. The zero-order chi connectivity index (χ0) is 33.1. The fourth-order valence-corrected chi connectivity index (χ4v) is 3.36. The lowest BCUT2D eigenvalue weighted by Gasteiger charge is -2.22. The van der Waals surface area contributed by atoms with Crippen LogP contribution in [0.15, 0.2) is 36.4 Å². The number of rotatable bonds is 8. The Balaban J connectivity index is 0.000000430. The summed E-state index contributed by atoms with van der Waals surface area (Å²) in [5.74, 6) is -5.23. The van der Waals surface area contributed by atoms with E-state index in [1.807, 2.05) is 0 Å². The molecule has 2 amide bonds. The van der Waals surface area contributed by atoms with Gasteiger partial charge in [0.25, 0.3) is 0 Å². The highest BCUT2D eigenvalue weighted by molar-refractivity contribution is 5.82. The Morgan fingerprint density at radius 1 is 0.674 bits per heavy atom. The Labute approximate surface area is 246 Å². The summed E-state index contributed by atoms with van der Waals surface area (Å²) in [5, 5.41) is 13.5. The maximum absolute atomic E-state index is 13.2. The Morgan fingerprint density at radius 3 is 1.30 bits per heavy atom. The number of methoxy groups -OCH3 is 1. The molecule has 14 heteroatoms. The normalized spacial score (nSPS) is 12.5. The highest BCUT2D eigenvalue weighted by Gasteiger charge is 2.26. The number of halogens is 4. The number of esters is 1. The molecule has 2 aromatic carbocycles. The predicted octanol–water partition coefficient (Wildman–Crippen LogP) is 5.06. The number of carboxylic acid groups (broad SMARTS) is 1. The van der Waals surface area contributed by atoms with Crippen LogP contribution in [-0.2, 0) is 36.6 Å². The second kappa shape index (κ2) is 15.8. The molecule has 43 heavy (non-hydrogen) atoms. The van der Waals surface area contributed by atoms with Crippen LogP contribution in [0.3, 0.4) is 0 Å². The molecule has 0 aliphatic rings. The van der Waals surface area contributed by atoms with Crippen molar-refractivity contribution < 1.29 is 56.1 Å². The molecule has 2 aromatic rings. The molecule has 2 atom stereocenters. The van der Waals surface area contributed by atoms with Crippen molar-refractivity contribution in [2.24, 2.45) is 0 Å². The number of benzene rings is 2. The molecule has 0 unspecified atom stereocenters. The van der Waals surface area contributed by atoms with Gasteiger partial charge in [0, 0.05) is 25.0 Å². The quantitative estimate of drug-likeness (QED) is 0.213. The monoisotopic (exact) mass is 616 g/mol. The van der Waals surface area contributed by atoms with E-state index in [-0.39, 0.29) is 24.0 Å². The average Bonchev–Trinajstić information content (AvgIpc) is 2.79. The van der Waals surface area contributed by atoms with E-state index in [1.165, 1.54) is 0 Å². The molecule has 0 saturated heterocycles. The smallest absolute Gasteiger partial charge is 0.408 e. The predicted molar refractivity (Wildman–Crippen MR) is 146 cm³/mol. The summed E-state index contributed by atoms with van der Waals surface area (Å²) in [7, 11) is 1.15. The van der Waals surface area contributed by atoms with Crippen molar-refractivity contribution in [3.8, 4) is 0 Å². The topological polar surface area (TPSA) is 140 Å². The summed E-state index contributed by atoms with van der Waals surface area (Å²) in [5.41, 5.74) is -1.19. The number of hydrogen-bond acceptors (Lipinski definition) is 7. The van der Waals surface area contributed by atoms with Gasteiger partial charge in [0.1, 0.15) is 46.6 Å². The molecule has 0 spiro atoms. The zero-order valence-electron chi connectivity index (χ0n) is 24.8. The third-order valence-corrected chi connectivity index (χ3v) is 4.89. The van der Waals surface area contributed by atoms with Crippen molar-refractivity contribution in [2.45, 2.75) is 77.7 Å². The minimum atomic E-state index is -1.35. The summed E-state index contributed by atoms with van der Waals surface area (Å²) in [4.78, 5) is 46.1. The number of carboxylic acids is 1. The fourth-order valence-electron chi connectivity index (χ4n) is 3.36. The van der Waals surface area contributed by atoms with Gasteiger partial charge in [-0.1, -0.05) is 0 Å². The van der Waals surface area contributed by atoms with Crippen LogP contribution in [0.2, 0.25) is 0 Å². The van der Waals surface area contributed by atoms with Crippen molar-refractivity contribution in [3.05, 3.63) is 70.8 Å². The number of carbonyl (C=O) groups excluding carboxylic acids is 3. The number of nitrogens with one attached hydrogen (secondary N) is 2. The molecule has 3 N–H and O–H groups in total. The maximum Gasteiger partial charge on any atom is 0.408 e. The lowest BCUT2D eigenvalue weighted by atomic mass is 10.1. The molecular formula is C29H36F4N2O8. The molecule has 0 aliphatic carbocycles. The van der Waals surface area contributed by atoms with Gasteiger partial charge in [0.15, 0.2) is 0 Å². The van der Waals surface area contributed by atoms with Crippen LogP contribution in [0, 0.1) is 23.3 Å². The number of ether oxygens (including phenoxy) is 3. The van der Waals surface area contributed by atoms with Crippen LogP contribution in [0.4, 0.5) is 27.2 Å². The van der Waals surface area contributed by atoms with Gasteiger partial charge in [-0.25, -0.2) is 36.7 Å². The first-order chi connectivity index (χ1) is 19.7. The van der Waals surface area contributed by atoms with Gasteiger partial charge in [-0.3, -0.25) is 0 Å². The molecular weight excluding hydrogens is 580 g/mol. The number of aliphatic carboxylic acids is 1. The molecule has 0 aliphatic heterocycles. The van der Waals surface area contributed by atoms with Crippen molar-refractivity contribution in [2.75, 3.05) is 7.11 Å². The molecule has 238 valence electrons. The number of amides is 2. The molecule has 10 nitrogen and oxygen atoms in total. The van der Waals surface area contributed by atoms with Crippen LogP contribution >= 0.6 is 0 Å². The van der Waals surface area contributed by atoms with E-state index >= 15 is 0 Å². The van der Waals surface area contributed by atoms with Gasteiger partial charge >= 0.3 is 24.1 Å². The van der Waals surface area contributed by atoms with Gasteiger partial charge in [-0.2, -0.15) is 0 Å². The van der Waals surface area contributed by atoms with Gasteiger partial charge in [0.05, 0.1) is 7.11 Å². The zero-order valence-corrected chi connectivity index (χ0v) is 24.8. The average molecular weight is 617 g/mol. The van der Waals surface area contributed by atoms with Crippen molar-refractivity contribution in [1.29, 1.82) is 0 Å². The van der Waals surface area contributed by atoms with E-state index in [4.69, 9.17) is 14.6 Å². The van der Waals surface area contributed by atoms with E-state index in [9.17, 15) is 36.7 Å². The van der Waals surface area contributed by atoms with Crippen molar-refractivity contribution in [3.63, 3.8) is 0 Å². The molecule has 0 fully saturated rings. The summed E-state index contributed by atoms with van der Waals surface area (Å²) in [6.45, 7) is 9.89. The molecule has 2 rings (SSSR count). The van der Waals surface area contributed by atoms with E-state index in [0.29, 0.717) is 6.07 Å². The minimum absolute atomic E-state index is 0.121. The van der Waals surface area contributed by atoms with E-state index < -0.39 is 70.7 Å². The van der Waals surface area contributed by atoms with Crippen LogP contribution in [0.1, 0.15) is 52.7 Å². The summed E-state index contributed by atoms with van der Waals surface area (Å²) < 4.78 is 67.0. The number of hydrogen-bond donors (Lipinski definition) is 3. The van der Waals surface area contributed by atoms with Crippen LogP contribution in [0.25, 0.3) is 0 Å². The van der Waals surface area contributed by atoms with Gasteiger partial charge in [-0.05, 0) is 76.9 Å². The molecule has 0 saturated carbocycles. The third-order valence-electron chi connectivity index (χ3n) is 4.89. The molecule has 0 bridgehead atoms. The Morgan fingerprint density at radius 2 is 1.00 bits per heavy atom. The summed E-state index contributed by atoms with van der Waals surface area (Å²) in [6, 6.07) is 3.12. The second-order valence-corrected chi connectivity index (χ2v) is 11.2. The standard InChI is InChI=1S/C15H19F2NO4.C14H17F2NO4/c1-15(2,3)22-14(20)18-12(13(19)21-4)7-9-5-10(16)8-11(17)6-9;1-14(2,3)21-13(20)17-11(12(18)19)6-8-4-9(15)7-10(16)5-8/h5-6,8,12H,7H2,1-4H3,(H,18,20);4-5,7,11H,6H2,1-3H3,(H,17,20)(H,18,19)/t12-;11-/m00/s1. The Hall–Kier alpha value is -4.36. The summed E-state index contributed by atoms with van der Waals surface area (Å²) in [6.07, 6.45) is -2.12. The van der Waals surface area contributed by atoms with Crippen molar-refractivity contribution >= 4 is 24.1 Å². The largest absolute Gasteiger partial charge is 0.480 e. The summed E-state index contributed by atoms with van der Waals surface area (Å²) >= 11 is 0. The van der Waals surface area contributed by atoms with Crippen LogP contribution < -0.4 is 10.6 Å².